The first kappa shape index (κ1) is 29.0. The maximum absolute atomic E-state index is 11.7. The van der Waals surface area contributed by atoms with Crippen LogP contribution in [0.25, 0.3) is 10.9 Å². The van der Waals surface area contributed by atoms with Gasteiger partial charge >= 0.3 is 0 Å². The van der Waals surface area contributed by atoms with Crippen molar-refractivity contribution in [2.24, 2.45) is 0 Å². The van der Waals surface area contributed by atoms with E-state index in [0.29, 0.717) is 23.4 Å². The second-order valence-corrected chi connectivity index (χ2v) is 19.5. The highest BCUT2D eigenvalue weighted by molar-refractivity contribution is 9.10. The van der Waals surface area contributed by atoms with E-state index in [0.717, 1.165) is 46.7 Å². The Labute approximate surface area is 235 Å². The number of fused-ring (bicyclic) bond motifs is 1. The zero-order chi connectivity index (χ0) is 27.7. The fourth-order valence-electron chi connectivity index (χ4n) is 4.42. The van der Waals surface area contributed by atoms with Crippen LogP contribution in [0.3, 0.4) is 0 Å². The molecule has 0 saturated heterocycles. The van der Waals surface area contributed by atoms with E-state index in [-0.39, 0.29) is 16.9 Å². The van der Waals surface area contributed by atoms with Crippen molar-refractivity contribution < 1.29 is 17.6 Å². The summed E-state index contributed by atoms with van der Waals surface area (Å²) in [5.41, 5.74) is 2.16. The van der Waals surface area contributed by atoms with Crippen molar-refractivity contribution in [3.63, 3.8) is 0 Å². The summed E-state index contributed by atoms with van der Waals surface area (Å²) in [5, 5.41) is 4.30. The number of nitrogens with one attached hydrogen (secondary N) is 1. The summed E-state index contributed by atoms with van der Waals surface area (Å²) < 4.78 is 37.5. The van der Waals surface area contributed by atoms with E-state index in [1.165, 1.54) is 6.26 Å². The van der Waals surface area contributed by atoms with E-state index in [1.807, 2.05) is 24.3 Å². The minimum atomic E-state index is -3.13. The molecule has 1 aliphatic carbocycles. The van der Waals surface area contributed by atoms with Gasteiger partial charge in [0.15, 0.2) is 23.9 Å². The second kappa shape index (κ2) is 11.2. The number of sulfone groups is 1. The van der Waals surface area contributed by atoms with E-state index in [2.05, 4.69) is 60.1 Å². The van der Waals surface area contributed by atoms with Crippen LogP contribution in [0.1, 0.15) is 52.0 Å². The molecule has 3 aromatic rings. The normalized spacial score (nSPS) is 18.9. The monoisotopic (exact) mass is 619 g/mol. The molecular weight excluding hydrogens is 582 g/mol. The summed E-state index contributed by atoms with van der Waals surface area (Å²) in [6, 6.07) is 11.2. The zero-order valence-corrected chi connectivity index (χ0v) is 26.4. The molecule has 1 aliphatic rings. The first-order valence-electron chi connectivity index (χ1n) is 13.0. The number of benzene rings is 2. The van der Waals surface area contributed by atoms with Crippen LogP contribution in [-0.4, -0.2) is 45.2 Å². The number of rotatable bonds is 8. The molecule has 1 fully saturated rings. The second-order valence-electron chi connectivity index (χ2n) is 11.8. The smallest absolute Gasteiger partial charge is 0.227 e. The Bertz CT molecular complexity index is 1400. The molecule has 0 atom stereocenters. The molecule has 206 valence electrons. The van der Waals surface area contributed by atoms with Crippen molar-refractivity contribution in [2.75, 3.05) is 11.6 Å². The molecule has 0 unspecified atom stereocenters. The van der Waals surface area contributed by atoms with Gasteiger partial charge in [0.2, 0.25) is 5.95 Å². The van der Waals surface area contributed by atoms with Gasteiger partial charge < -0.3 is 14.5 Å². The fraction of sp³-hybridized carbons (Fsp3) is 0.500. The van der Waals surface area contributed by atoms with Crippen molar-refractivity contribution in [2.45, 2.75) is 82.5 Å². The van der Waals surface area contributed by atoms with E-state index < -0.39 is 18.2 Å². The number of hydrogen-bond acceptors (Lipinski definition) is 7. The topological polar surface area (TPSA) is 90.4 Å². The van der Waals surface area contributed by atoms with Crippen LogP contribution in [0, 0.1) is 0 Å². The summed E-state index contributed by atoms with van der Waals surface area (Å²) >= 11 is 3.66. The molecule has 0 radical (unpaired) electrons. The Hall–Kier alpha value is -2.01. The van der Waals surface area contributed by atoms with Crippen molar-refractivity contribution in [3.8, 4) is 5.75 Å². The van der Waals surface area contributed by atoms with Gasteiger partial charge in [-0.25, -0.2) is 18.4 Å². The molecule has 0 amide bonds. The Morgan fingerprint density at radius 3 is 2.42 bits per heavy atom. The van der Waals surface area contributed by atoms with Crippen LogP contribution < -0.4 is 10.1 Å². The van der Waals surface area contributed by atoms with Crippen molar-refractivity contribution in [1.29, 1.82) is 0 Å². The molecule has 1 N–H and O–H groups in total. The molecular formula is C28H38BrN3O4SSi. The SMILES string of the molecule is CC(C)(C)[Si](C)(C)OC1CCC(Oc2c(Br)ccc3cnc(Nc4cccc(CS(C)(=O)=O)c4)nc23)CC1. The predicted octanol–water partition coefficient (Wildman–Crippen LogP) is 7.39. The molecule has 38 heavy (non-hydrogen) atoms. The molecule has 0 aliphatic heterocycles. The summed E-state index contributed by atoms with van der Waals surface area (Å²) in [6.45, 7) is 11.5. The Balaban J connectivity index is 1.49. The lowest BCUT2D eigenvalue weighted by molar-refractivity contribution is 0.0729. The molecule has 0 bridgehead atoms. The van der Waals surface area contributed by atoms with Gasteiger partial charge in [0, 0.05) is 29.6 Å². The van der Waals surface area contributed by atoms with Gasteiger partial charge in [0.25, 0.3) is 0 Å². The Morgan fingerprint density at radius 2 is 1.76 bits per heavy atom. The summed E-state index contributed by atoms with van der Waals surface area (Å²) in [6.07, 6.45) is 7.24. The highest BCUT2D eigenvalue weighted by Gasteiger charge is 2.40. The van der Waals surface area contributed by atoms with Crippen LogP contribution in [-0.2, 0) is 20.0 Å². The third-order valence-corrected chi connectivity index (χ3v) is 13.5. The molecule has 4 rings (SSSR count). The maximum atomic E-state index is 11.7. The number of nitrogens with zero attached hydrogens (tertiary/aromatic N) is 2. The molecule has 10 heteroatoms. The lowest BCUT2D eigenvalue weighted by atomic mass is 9.95. The van der Waals surface area contributed by atoms with E-state index >= 15 is 0 Å². The zero-order valence-electron chi connectivity index (χ0n) is 23.0. The first-order valence-corrected chi connectivity index (χ1v) is 18.8. The standard InChI is InChI=1S/C28H38BrN3O4SSi/c1-28(2,3)38(5,6)36-23-13-11-22(12-14-23)35-26-24(29)15-10-20-17-30-27(32-25(20)26)31-21-9-7-8-19(16-21)18-37(4,33)34/h7-10,15-17,22-23H,11-14,18H2,1-6H3,(H,30,31,32). The van der Waals surface area contributed by atoms with Gasteiger partial charge in [0.05, 0.1) is 16.3 Å². The lowest BCUT2D eigenvalue weighted by Crippen LogP contribution is -2.45. The average molecular weight is 621 g/mol. The minimum Gasteiger partial charge on any atom is -0.487 e. The van der Waals surface area contributed by atoms with Crippen LogP contribution >= 0.6 is 15.9 Å². The summed E-state index contributed by atoms with van der Waals surface area (Å²) in [5.74, 6) is 1.12. The largest absolute Gasteiger partial charge is 0.487 e. The highest BCUT2D eigenvalue weighted by Crippen LogP contribution is 2.40. The van der Waals surface area contributed by atoms with Crippen molar-refractivity contribution in [3.05, 3.63) is 52.6 Å². The van der Waals surface area contributed by atoms with Crippen molar-refractivity contribution >= 4 is 56.6 Å². The number of hydrogen-bond donors (Lipinski definition) is 1. The molecule has 1 aromatic heterocycles. The molecule has 1 saturated carbocycles. The van der Waals surface area contributed by atoms with Crippen LogP contribution in [0.15, 0.2) is 47.1 Å². The minimum absolute atomic E-state index is 0.0186. The van der Waals surface area contributed by atoms with Crippen LogP contribution in [0.5, 0.6) is 5.75 Å². The lowest BCUT2D eigenvalue weighted by Gasteiger charge is -2.41. The number of halogens is 1. The number of anilines is 2. The van der Waals surface area contributed by atoms with Gasteiger partial charge in [-0.3, -0.25) is 0 Å². The van der Waals surface area contributed by atoms with E-state index in [1.54, 1.807) is 18.3 Å². The highest BCUT2D eigenvalue weighted by atomic mass is 79.9. The third-order valence-electron chi connectivity index (χ3n) is 7.44. The molecule has 0 spiro atoms. The quantitative estimate of drug-likeness (QED) is 0.263. The molecule has 2 aromatic carbocycles. The van der Waals surface area contributed by atoms with Crippen LogP contribution in [0.4, 0.5) is 11.6 Å². The molecule has 7 nitrogen and oxygen atoms in total. The average Bonchev–Trinajstić information content (AvgIpc) is 2.80. The number of aromatic nitrogens is 2. The summed E-state index contributed by atoms with van der Waals surface area (Å²) in [4.78, 5) is 9.24. The first-order chi connectivity index (χ1) is 17.7. The van der Waals surface area contributed by atoms with Crippen molar-refractivity contribution in [1.82, 2.24) is 9.97 Å². The predicted molar refractivity (Wildman–Crippen MR) is 160 cm³/mol. The van der Waals surface area contributed by atoms with Gasteiger partial charge in [-0.1, -0.05) is 32.9 Å². The molecule has 1 heterocycles. The maximum Gasteiger partial charge on any atom is 0.227 e. The summed E-state index contributed by atoms with van der Waals surface area (Å²) in [7, 11) is -4.92. The van der Waals surface area contributed by atoms with E-state index in [4.69, 9.17) is 14.1 Å². The van der Waals surface area contributed by atoms with Gasteiger partial charge in [0.1, 0.15) is 5.52 Å². The van der Waals surface area contributed by atoms with Gasteiger partial charge in [-0.15, -0.1) is 0 Å². The Kier molecular flexibility index (Phi) is 8.57. The fourth-order valence-corrected chi connectivity index (χ4v) is 7.04. The van der Waals surface area contributed by atoms with E-state index in [9.17, 15) is 8.42 Å². The third kappa shape index (κ3) is 7.34. The van der Waals surface area contributed by atoms with Gasteiger partial charge in [-0.2, -0.15) is 0 Å². The number of ether oxygens (including phenoxy) is 1. The van der Waals surface area contributed by atoms with Crippen LogP contribution in [0.2, 0.25) is 18.1 Å². The Morgan fingerprint density at radius 1 is 1.08 bits per heavy atom. The van der Waals surface area contributed by atoms with Gasteiger partial charge in [-0.05, 0) is 89.6 Å².